The van der Waals surface area contributed by atoms with Crippen molar-refractivity contribution in [1.29, 1.82) is 0 Å². The van der Waals surface area contributed by atoms with Gasteiger partial charge in [-0.05, 0) is 36.8 Å². The van der Waals surface area contributed by atoms with Gasteiger partial charge in [0.1, 0.15) is 11.7 Å². The molecule has 1 aliphatic heterocycles. The lowest BCUT2D eigenvalue weighted by Crippen LogP contribution is -2.30. The van der Waals surface area contributed by atoms with Crippen molar-refractivity contribution in [1.82, 2.24) is 9.62 Å². The molecule has 27 heavy (non-hydrogen) atoms. The molecule has 3 rings (SSSR count). The number of rotatable bonds is 5. The Morgan fingerprint density at radius 2 is 1.85 bits per heavy atom. The van der Waals surface area contributed by atoms with Gasteiger partial charge in [0.2, 0.25) is 5.91 Å². The third-order valence-corrected chi connectivity index (χ3v) is 5.98. The van der Waals surface area contributed by atoms with Crippen LogP contribution in [-0.4, -0.2) is 38.7 Å². The van der Waals surface area contributed by atoms with E-state index in [0.29, 0.717) is 5.56 Å². The Hall–Kier alpha value is -2.74. The maximum Gasteiger partial charge on any atom is 0.263 e. The Morgan fingerprint density at radius 1 is 1.19 bits per heavy atom. The van der Waals surface area contributed by atoms with Gasteiger partial charge in [0.05, 0.1) is 17.5 Å². The summed E-state index contributed by atoms with van der Waals surface area (Å²) in [6.07, 6.45) is 0.134. The van der Waals surface area contributed by atoms with Gasteiger partial charge in [-0.25, -0.2) is 12.8 Å². The largest absolute Gasteiger partial charge is 0.339 e. The maximum atomic E-state index is 13.0. The minimum Gasteiger partial charge on any atom is -0.339 e. The highest BCUT2D eigenvalue weighted by atomic mass is 32.2. The molecule has 2 aromatic rings. The lowest BCUT2D eigenvalue weighted by molar-refractivity contribution is -0.131. The molecule has 0 radical (unpaired) electrons. The van der Waals surface area contributed by atoms with E-state index in [-0.39, 0.29) is 41.5 Å². The quantitative estimate of drug-likeness (QED) is 0.853. The van der Waals surface area contributed by atoms with Gasteiger partial charge >= 0.3 is 0 Å². The van der Waals surface area contributed by atoms with Crippen molar-refractivity contribution in [3.63, 3.8) is 0 Å². The van der Waals surface area contributed by atoms with Crippen molar-refractivity contribution in [2.45, 2.75) is 24.3 Å². The third kappa shape index (κ3) is 4.00. The van der Waals surface area contributed by atoms with Crippen LogP contribution in [-0.2, 0) is 14.8 Å². The summed E-state index contributed by atoms with van der Waals surface area (Å²) in [6.45, 7) is 2.02. The third-order valence-electron chi connectivity index (χ3n) is 4.59. The first-order valence-electron chi connectivity index (χ1n) is 8.47. The van der Waals surface area contributed by atoms with E-state index < -0.39 is 10.0 Å². The van der Waals surface area contributed by atoms with Crippen molar-refractivity contribution in [3.8, 4) is 0 Å². The predicted octanol–water partition coefficient (Wildman–Crippen LogP) is 2.47. The number of hydrogen-bond acceptors (Lipinski definition) is 4. The van der Waals surface area contributed by atoms with Crippen LogP contribution in [0.4, 0.5) is 4.39 Å². The zero-order valence-electron chi connectivity index (χ0n) is 15.0. The van der Waals surface area contributed by atoms with Crippen LogP contribution in [0.15, 0.2) is 58.4 Å². The topological polar surface area (TPSA) is 78.8 Å². The van der Waals surface area contributed by atoms with Crippen LogP contribution < -0.4 is 4.72 Å². The zero-order valence-corrected chi connectivity index (χ0v) is 15.8. The second kappa shape index (κ2) is 7.48. The van der Waals surface area contributed by atoms with Crippen molar-refractivity contribution >= 4 is 21.8 Å². The first kappa shape index (κ1) is 19.0. The SMILES string of the molecule is C[C@H](c1ccc(F)cc1)N(C)C(=O)CCN=C1NS(=O)(=O)c2ccccc21. The van der Waals surface area contributed by atoms with Gasteiger partial charge < -0.3 is 4.90 Å². The van der Waals surface area contributed by atoms with Crippen LogP contribution in [0.3, 0.4) is 0 Å². The van der Waals surface area contributed by atoms with Crippen LogP contribution in [0.2, 0.25) is 0 Å². The molecule has 0 saturated carbocycles. The van der Waals surface area contributed by atoms with E-state index in [9.17, 15) is 17.6 Å². The van der Waals surface area contributed by atoms with E-state index in [2.05, 4.69) is 9.71 Å². The van der Waals surface area contributed by atoms with Crippen LogP contribution in [0.5, 0.6) is 0 Å². The summed E-state index contributed by atoms with van der Waals surface area (Å²) >= 11 is 0. The smallest absolute Gasteiger partial charge is 0.263 e. The van der Waals surface area contributed by atoms with E-state index in [0.717, 1.165) is 5.56 Å². The number of amides is 1. The number of halogens is 1. The molecular formula is C19H20FN3O3S. The molecule has 2 aromatic carbocycles. The summed E-state index contributed by atoms with van der Waals surface area (Å²) in [6, 6.07) is 12.4. The Balaban J connectivity index is 1.64. The average Bonchev–Trinajstić information content (AvgIpc) is 2.92. The van der Waals surface area contributed by atoms with Gasteiger partial charge in [0, 0.05) is 19.0 Å². The molecule has 0 fully saturated rings. The standard InChI is InChI=1S/C19H20FN3O3S/c1-13(14-7-9-15(20)10-8-14)23(2)18(24)11-12-21-19-16-5-3-4-6-17(16)27(25,26)22-19/h3-10,13H,11-12H2,1-2H3,(H,21,22)/t13-/m1/s1. The molecule has 6 nitrogen and oxygen atoms in total. The molecule has 1 aliphatic rings. The average molecular weight is 389 g/mol. The minimum atomic E-state index is -3.58. The predicted molar refractivity (Wildman–Crippen MR) is 100 cm³/mol. The van der Waals surface area contributed by atoms with E-state index in [1.807, 2.05) is 6.92 Å². The fraction of sp³-hybridized carbons (Fsp3) is 0.263. The van der Waals surface area contributed by atoms with Crippen LogP contribution >= 0.6 is 0 Å². The molecule has 0 bridgehead atoms. The van der Waals surface area contributed by atoms with Crippen LogP contribution in [0.25, 0.3) is 0 Å². The summed E-state index contributed by atoms with van der Waals surface area (Å²) in [5.74, 6) is -0.201. The summed E-state index contributed by atoms with van der Waals surface area (Å²) in [5.41, 5.74) is 1.34. The van der Waals surface area contributed by atoms with Gasteiger partial charge in [0.15, 0.2) is 0 Å². The summed E-state index contributed by atoms with van der Waals surface area (Å²) in [4.78, 5) is 18.4. The summed E-state index contributed by atoms with van der Waals surface area (Å²) in [5, 5.41) is 0. The number of carbonyl (C=O) groups excluding carboxylic acids is 1. The van der Waals surface area contributed by atoms with Gasteiger partial charge in [-0.15, -0.1) is 0 Å². The molecule has 142 valence electrons. The van der Waals surface area contributed by atoms with E-state index in [1.165, 1.54) is 18.2 Å². The zero-order chi connectivity index (χ0) is 19.6. The molecule has 8 heteroatoms. The Bertz CT molecular complexity index is 988. The summed E-state index contributed by atoms with van der Waals surface area (Å²) < 4.78 is 39.5. The molecule has 1 N–H and O–H groups in total. The van der Waals surface area contributed by atoms with Crippen molar-refractivity contribution in [2.75, 3.05) is 13.6 Å². The molecule has 1 amide bonds. The van der Waals surface area contributed by atoms with Crippen LogP contribution in [0, 0.1) is 5.82 Å². The number of aliphatic imine (C=N–C) groups is 1. The first-order valence-corrected chi connectivity index (χ1v) is 9.96. The Labute approximate surface area is 157 Å². The molecule has 0 aliphatic carbocycles. The van der Waals surface area contributed by atoms with Crippen molar-refractivity contribution in [2.24, 2.45) is 4.99 Å². The van der Waals surface area contributed by atoms with Gasteiger partial charge in [0.25, 0.3) is 10.0 Å². The number of nitrogens with one attached hydrogen (secondary N) is 1. The fourth-order valence-corrected chi connectivity index (χ4v) is 4.12. The number of nitrogens with zero attached hydrogens (tertiary/aromatic N) is 2. The second-order valence-corrected chi connectivity index (χ2v) is 7.96. The molecule has 1 atom stereocenters. The number of fused-ring (bicyclic) bond motifs is 1. The Kier molecular flexibility index (Phi) is 5.27. The van der Waals surface area contributed by atoms with Crippen molar-refractivity contribution < 1.29 is 17.6 Å². The van der Waals surface area contributed by atoms with E-state index >= 15 is 0 Å². The van der Waals surface area contributed by atoms with Gasteiger partial charge in [-0.2, -0.15) is 0 Å². The molecule has 1 heterocycles. The molecular weight excluding hydrogens is 369 g/mol. The highest BCUT2D eigenvalue weighted by Gasteiger charge is 2.30. The normalized spacial score (nSPS) is 17.2. The number of carbonyl (C=O) groups is 1. The fourth-order valence-electron chi connectivity index (χ4n) is 2.87. The lowest BCUT2D eigenvalue weighted by Gasteiger charge is -2.25. The number of benzene rings is 2. The van der Waals surface area contributed by atoms with E-state index in [1.54, 1.807) is 42.3 Å². The number of sulfonamides is 1. The first-order chi connectivity index (χ1) is 12.8. The number of amidine groups is 1. The lowest BCUT2D eigenvalue weighted by atomic mass is 10.1. The van der Waals surface area contributed by atoms with E-state index in [4.69, 9.17) is 0 Å². The van der Waals surface area contributed by atoms with Gasteiger partial charge in [-0.3, -0.25) is 14.5 Å². The summed E-state index contributed by atoms with van der Waals surface area (Å²) in [7, 11) is -1.90. The monoisotopic (exact) mass is 389 g/mol. The van der Waals surface area contributed by atoms with Crippen molar-refractivity contribution in [3.05, 3.63) is 65.5 Å². The molecule has 0 spiro atoms. The minimum absolute atomic E-state index is 0.134. The highest BCUT2D eigenvalue weighted by Crippen LogP contribution is 2.22. The van der Waals surface area contributed by atoms with Crippen LogP contribution in [0.1, 0.15) is 30.5 Å². The van der Waals surface area contributed by atoms with Gasteiger partial charge in [-0.1, -0.05) is 24.3 Å². The molecule has 0 unspecified atom stereocenters. The number of hydrogen-bond donors (Lipinski definition) is 1. The Morgan fingerprint density at radius 3 is 2.56 bits per heavy atom. The highest BCUT2D eigenvalue weighted by molar-refractivity contribution is 7.90. The second-order valence-electron chi connectivity index (χ2n) is 6.31. The molecule has 0 aromatic heterocycles. The maximum absolute atomic E-state index is 13.0. The molecule has 0 saturated heterocycles.